The molecule has 1 aromatic heterocycles. The Morgan fingerprint density at radius 1 is 1.53 bits per heavy atom. The Hall–Kier alpha value is -1.60. The zero-order valence-corrected chi connectivity index (χ0v) is 10.4. The van der Waals surface area contributed by atoms with Crippen LogP contribution in [0.2, 0.25) is 0 Å². The summed E-state index contributed by atoms with van der Waals surface area (Å²) in [6, 6.07) is -1.75. The first-order valence-electron chi connectivity index (χ1n) is 6.09. The molecule has 1 fully saturated rings. The minimum Gasteiger partial charge on any atom is -0.369 e. The summed E-state index contributed by atoms with van der Waals surface area (Å²) in [5.41, 5.74) is 5.77. The van der Waals surface area contributed by atoms with Crippen LogP contribution in [0, 0.1) is 0 Å². The summed E-state index contributed by atoms with van der Waals surface area (Å²) in [5.74, 6) is -0.624. The Kier molecular flexibility index (Phi) is 3.51. The summed E-state index contributed by atoms with van der Waals surface area (Å²) in [5, 5.41) is 7.28. The number of hydrogen-bond donors (Lipinski definition) is 1. The SMILES string of the molecule is CC(n1nnc(CC(N)=O)c1C1CCC1)C(F)(F)F. The summed E-state index contributed by atoms with van der Waals surface area (Å²) >= 11 is 0. The van der Waals surface area contributed by atoms with Crippen molar-refractivity contribution >= 4 is 5.91 Å². The Labute approximate surface area is 108 Å². The smallest absolute Gasteiger partial charge is 0.369 e. The topological polar surface area (TPSA) is 73.8 Å². The fraction of sp³-hybridized carbons (Fsp3) is 0.727. The number of aromatic nitrogens is 3. The van der Waals surface area contributed by atoms with Crippen LogP contribution in [0.15, 0.2) is 0 Å². The van der Waals surface area contributed by atoms with Gasteiger partial charge < -0.3 is 5.73 Å². The molecule has 1 saturated carbocycles. The van der Waals surface area contributed by atoms with E-state index < -0.39 is 18.1 Å². The molecule has 1 aromatic rings. The predicted octanol–water partition coefficient (Wildman–Crippen LogP) is 1.70. The van der Waals surface area contributed by atoms with Gasteiger partial charge in [0.05, 0.1) is 17.8 Å². The van der Waals surface area contributed by atoms with Crippen LogP contribution in [-0.2, 0) is 11.2 Å². The van der Waals surface area contributed by atoms with Crippen molar-refractivity contribution in [3.8, 4) is 0 Å². The molecule has 0 bridgehead atoms. The highest BCUT2D eigenvalue weighted by Crippen LogP contribution is 2.40. The second kappa shape index (κ2) is 4.82. The van der Waals surface area contributed by atoms with Crippen LogP contribution in [0.5, 0.6) is 0 Å². The van der Waals surface area contributed by atoms with Crippen molar-refractivity contribution in [1.82, 2.24) is 15.0 Å². The first-order valence-corrected chi connectivity index (χ1v) is 6.09. The van der Waals surface area contributed by atoms with Crippen molar-refractivity contribution in [3.05, 3.63) is 11.4 Å². The van der Waals surface area contributed by atoms with Crippen LogP contribution < -0.4 is 5.73 Å². The van der Waals surface area contributed by atoms with Gasteiger partial charge in [0.25, 0.3) is 0 Å². The average molecular weight is 276 g/mol. The van der Waals surface area contributed by atoms with Crippen LogP contribution in [0.25, 0.3) is 0 Å². The van der Waals surface area contributed by atoms with E-state index in [4.69, 9.17) is 5.73 Å². The third-order valence-electron chi connectivity index (χ3n) is 3.48. The Morgan fingerprint density at radius 3 is 2.58 bits per heavy atom. The van der Waals surface area contributed by atoms with Gasteiger partial charge in [-0.1, -0.05) is 11.6 Å². The van der Waals surface area contributed by atoms with Gasteiger partial charge in [0.1, 0.15) is 6.04 Å². The van der Waals surface area contributed by atoms with Crippen molar-refractivity contribution in [1.29, 1.82) is 0 Å². The first kappa shape index (κ1) is 13.8. The zero-order chi connectivity index (χ0) is 14.2. The normalized spacial score (nSPS) is 18.1. The molecule has 19 heavy (non-hydrogen) atoms. The summed E-state index contributed by atoms with van der Waals surface area (Å²) in [7, 11) is 0. The number of alkyl halides is 3. The number of halogens is 3. The zero-order valence-electron chi connectivity index (χ0n) is 10.4. The van der Waals surface area contributed by atoms with E-state index in [-0.39, 0.29) is 18.0 Å². The number of carbonyl (C=O) groups excluding carboxylic acids is 1. The lowest BCUT2D eigenvalue weighted by Gasteiger charge is -2.28. The number of primary amides is 1. The quantitative estimate of drug-likeness (QED) is 0.909. The highest BCUT2D eigenvalue weighted by molar-refractivity contribution is 5.76. The average Bonchev–Trinajstić information content (AvgIpc) is 2.56. The monoisotopic (exact) mass is 276 g/mol. The maximum Gasteiger partial charge on any atom is 0.410 e. The standard InChI is InChI=1S/C11H15F3N4O/c1-6(11(12,13)14)18-10(7-3-2-4-7)8(16-17-18)5-9(15)19/h6-7H,2-5H2,1H3,(H2,15,19). The van der Waals surface area contributed by atoms with Gasteiger partial charge in [0.2, 0.25) is 5.91 Å². The van der Waals surface area contributed by atoms with E-state index in [2.05, 4.69) is 10.3 Å². The molecule has 0 radical (unpaired) electrons. The van der Waals surface area contributed by atoms with Crippen molar-refractivity contribution < 1.29 is 18.0 Å². The van der Waals surface area contributed by atoms with Gasteiger partial charge in [-0.25, -0.2) is 4.68 Å². The molecule has 1 aliphatic carbocycles. The number of rotatable bonds is 4. The summed E-state index contributed by atoms with van der Waals surface area (Å²) in [6.45, 7) is 1.03. The van der Waals surface area contributed by atoms with Crippen LogP contribution >= 0.6 is 0 Å². The molecule has 0 saturated heterocycles. The van der Waals surface area contributed by atoms with Gasteiger partial charge in [-0.3, -0.25) is 4.79 Å². The number of nitrogens with two attached hydrogens (primary N) is 1. The second-order valence-corrected chi connectivity index (χ2v) is 4.85. The molecule has 1 aliphatic rings. The molecule has 1 unspecified atom stereocenters. The van der Waals surface area contributed by atoms with E-state index in [9.17, 15) is 18.0 Å². The van der Waals surface area contributed by atoms with Crippen molar-refractivity contribution in [2.24, 2.45) is 5.73 Å². The highest BCUT2D eigenvalue weighted by atomic mass is 19.4. The third kappa shape index (κ3) is 2.71. The maximum atomic E-state index is 12.8. The first-order chi connectivity index (χ1) is 8.80. The van der Waals surface area contributed by atoms with E-state index >= 15 is 0 Å². The number of hydrogen-bond acceptors (Lipinski definition) is 3. The summed E-state index contributed by atoms with van der Waals surface area (Å²) < 4.78 is 39.3. The van der Waals surface area contributed by atoms with E-state index in [0.29, 0.717) is 5.69 Å². The van der Waals surface area contributed by atoms with Gasteiger partial charge in [0.15, 0.2) is 0 Å². The molecular formula is C11H15F3N4O. The second-order valence-electron chi connectivity index (χ2n) is 4.85. The number of carbonyl (C=O) groups is 1. The Balaban J connectivity index is 2.37. The van der Waals surface area contributed by atoms with Gasteiger partial charge >= 0.3 is 6.18 Å². The fourth-order valence-electron chi connectivity index (χ4n) is 2.15. The van der Waals surface area contributed by atoms with Crippen LogP contribution in [0.4, 0.5) is 13.2 Å². The predicted molar refractivity (Wildman–Crippen MR) is 60.3 cm³/mol. The molecule has 2 N–H and O–H groups in total. The third-order valence-corrected chi connectivity index (χ3v) is 3.48. The van der Waals surface area contributed by atoms with E-state index in [1.807, 2.05) is 0 Å². The molecule has 1 heterocycles. The van der Waals surface area contributed by atoms with Crippen LogP contribution in [-0.4, -0.2) is 27.1 Å². The van der Waals surface area contributed by atoms with Gasteiger partial charge in [-0.2, -0.15) is 13.2 Å². The summed E-state index contributed by atoms with van der Waals surface area (Å²) in [6.07, 6.45) is -2.01. The molecular weight excluding hydrogens is 261 g/mol. The molecule has 1 atom stereocenters. The van der Waals surface area contributed by atoms with E-state index in [0.717, 1.165) is 30.9 Å². The van der Waals surface area contributed by atoms with Gasteiger partial charge in [0, 0.05) is 5.92 Å². The minimum atomic E-state index is -4.39. The lowest BCUT2D eigenvalue weighted by Crippen LogP contribution is -2.28. The van der Waals surface area contributed by atoms with Crippen molar-refractivity contribution in [3.63, 3.8) is 0 Å². The highest BCUT2D eigenvalue weighted by Gasteiger charge is 2.41. The lowest BCUT2D eigenvalue weighted by molar-refractivity contribution is -0.166. The molecule has 106 valence electrons. The Morgan fingerprint density at radius 2 is 2.16 bits per heavy atom. The molecule has 2 rings (SSSR count). The van der Waals surface area contributed by atoms with Crippen LogP contribution in [0.3, 0.4) is 0 Å². The van der Waals surface area contributed by atoms with Crippen LogP contribution in [0.1, 0.15) is 49.5 Å². The largest absolute Gasteiger partial charge is 0.410 e. The van der Waals surface area contributed by atoms with Crippen molar-refractivity contribution in [2.45, 2.75) is 50.7 Å². The lowest BCUT2D eigenvalue weighted by atomic mass is 9.81. The molecule has 0 aromatic carbocycles. The fourth-order valence-corrected chi connectivity index (χ4v) is 2.15. The molecule has 0 aliphatic heterocycles. The molecule has 8 heteroatoms. The molecule has 0 spiro atoms. The van der Waals surface area contributed by atoms with E-state index in [1.165, 1.54) is 0 Å². The molecule has 5 nitrogen and oxygen atoms in total. The van der Waals surface area contributed by atoms with Gasteiger partial charge in [-0.05, 0) is 19.8 Å². The van der Waals surface area contributed by atoms with Crippen molar-refractivity contribution in [2.75, 3.05) is 0 Å². The minimum absolute atomic E-state index is 0.00542. The van der Waals surface area contributed by atoms with E-state index in [1.54, 1.807) is 0 Å². The summed E-state index contributed by atoms with van der Waals surface area (Å²) in [4.78, 5) is 10.9. The Bertz CT molecular complexity index is 479. The number of nitrogens with zero attached hydrogens (tertiary/aromatic N) is 3. The molecule has 1 amide bonds. The maximum absolute atomic E-state index is 12.8. The number of amides is 1. The van der Waals surface area contributed by atoms with Gasteiger partial charge in [-0.15, -0.1) is 5.10 Å².